The molecule has 2 aromatic heterocycles. The third kappa shape index (κ3) is 6.04. The maximum absolute atomic E-state index is 14.0. The zero-order valence-electron chi connectivity index (χ0n) is 25.3. The van der Waals surface area contributed by atoms with Gasteiger partial charge in [0.2, 0.25) is 5.82 Å². The summed E-state index contributed by atoms with van der Waals surface area (Å²) in [5.74, 6) is 0.908. The van der Waals surface area contributed by atoms with E-state index in [1.165, 1.54) is 0 Å². The van der Waals surface area contributed by atoms with Crippen LogP contribution in [0.2, 0.25) is 5.02 Å². The molecular weight excluding hydrogens is 610 g/mol. The molecule has 0 saturated heterocycles. The zero-order chi connectivity index (χ0) is 32.3. The summed E-state index contributed by atoms with van der Waals surface area (Å²) >= 11 is 6.51. The Balaban J connectivity index is 1.23. The number of aryl methyl sites for hydroxylation is 1. The number of halogens is 1. The van der Waals surface area contributed by atoms with Crippen molar-refractivity contribution in [2.75, 3.05) is 4.90 Å². The van der Waals surface area contributed by atoms with Gasteiger partial charge in [-0.15, -0.1) is 10.2 Å². The predicted octanol–water partition coefficient (Wildman–Crippen LogP) is 7.10. The van der Waals surface area contributed by atoms with E-state index in [-0.39, 0.29) is 18.0 Å². The average molecular weight is 638 g/mol. The number of nitrogens with one attached hydrogen (secondary N) is 1. The van der Waals surface area contributed by atoms with Crippen LogP contribution in [0.15, 0.2) is 126 Å². The van der Waals surface area contributed by atoms with Gasteiger partial charge in [0.15, 0.2) is 0 Å². The van der Waals surface area contributed by atoms with Crippen molar-refractivity contribution in [1.29, 1.82) is 0 Å². The summed E-state index contributed by atoms with van der Waals surface area (Å²) in [4.78, 5) is 34.3. The fourth-order valence-electron chi connectivity index (χ4n) is 5.67. The van der Waals surface area contributed by atoms with E-state index < -0.39 is 0 Å². The molecular formula is C37H28ClN7O2. The van der Waals surface area contributed by atoms with Crippen LogP contribution in [0.1, 0.15) is 27.3 Å². The fourth-order valence-corrected chi connectivity index (χ4v) is 5.86. The minimum atomic E-state index is -0.203. The molecule has 10 heteroatoms. The van der Waals surface area contributed by atoms with Crippen molar-refractivity contribution >= 4 is 34.1 Å². The van der Waals surface area contributed by atoms with Crippen LogP contribution in [0.4, 0.5) is 5.69 Å². The number of rotatable bonds is 8. The van der Waals surface area contributed by atoms with E-state index in [1.54, 1.807) is 39.8 Å². The number of nitrogens with zero attached hydrogens (tertiary/aromatic N) is 6. The van der Waals surface area contributed by atoms with Crippen molar-refractivity contribution in [2.24, 2.45) is 0 Å². The summed E-state index contributed by atoms with van der Waals surface area (Å²) in [6.45, 7) is 2.39. The van der Waals surface area contributed by atoms with Gasteiger partial charge in [0, 0.05) is 21.8 Å². The Hall–Kier alpha value is -5.93. The van der Waals surface area contributed by atoms with Crippen molar-refractivity contribution in [3.63, 3.8) is 0 Å². The Morgan fingerprint density at radius 2 is 1.57 bits per heavy atom. The number of amides is 1. The molecule has 0 spiro atoms. The minimum Gasteiger partial charge on any atom is -0.304 e. The van der Waals surface area contributed by atoms with Gasteiger partial charge in [0.1, 0.15) is 5.82 Å². The van der Waals surface area contributed by atoms with E-state index in [9.17, 15) is 9.59 Å². The monoisotopic (exact) mass is 637 g/mol. The van der Waals surface area contributed by atoms with Crippen LogP contribution < -0.4 is 10.5 Å². The van der Waals surface area contributed by atoms with Crippen molar-refractivity contribution in [2.45, 2.75) is 20.0 Å². The number of hydrogen-bond acceptors (Lipinski definition) is 6. The standard InChI is InChI=1S/C37H28ClN7O2/c1-24-39-34-20-19-29(45(23-28-11-5-8-14-33(28)38)36(46)27-9-3-2-4-10-27)21-32(34)37(47)44(24)22-25-15-17-26(18-16-25)30-12-6-7-13-31(30)35-40-42-43-41-35/h2-21H,22-23H2,1H3,(H,40,41,42,43). The van der Waals surface area contributed by atoms with Gasteiger partial charge in [0.05, 0.1) is 24.0 Å². The molecule has 0 aliphatic heterocycles. The lowest BCUT2D eigenvalue weighted by molar-refractivity contribution is 0.0985. The van der Waals surface area contributed by atoms with Gasteiger partial charge in [-0.25, -0.2) is 4.98 Å². The Morgan fingerprint density at radius 3 is 2.32 bits per heavy atom. The third-order valence-electron chi connectivity index (χ3n) is 8.11. The van der Waals surface area contributed by atoms with Gasteiger partial charge >= 0.3 is 0 Å². The molecule has 0 aliphatic rings. The first-order chi connectivity index (χ1) is 23.0. The second kappa shape index (κ2) is 12.8. The first-order valence-corrected chi connectivity index (χ1v) is 15.4. The van der Waals surface area contributed by atoms with E-state index in [4.69, 9.17) is 16.6 Å². The number of carbonyl (C=O) groups excluding carboxylic acids is 1. The number of anilines is 1. The van der Waals surface area contributed by atoms with E-state index in [2.05, 4.69) is 20.6 Å². The maximum Gasteiger partial charge on any atom is 0.261 e. The fraction of sp³-hybridized carbons (Fsp3) is 0.0811. The highest BCUT2D eigenvalue weighted by atomic mass is 35.5. The lowest BCUT2D eigenvalue weighted by Gasteiger charge is -2.24. The van der Waals surface area contributed by atoms with E-state index in [0.29, 0.717) is 45.4 Å². The number of tetrazole rings is 1. The van der Waals surface area contributed by atoms with Gasteiger partial charge in [0.25, 0.3) is 11.5 Å². The van der Waals surface area contributed by atoms with E-state index >= 15 is 0 Å². The minimum absolute atomic E-state index is 0.189. The first kappa shape index (κ1) is 29.8. The summed E-state index contributed by atoms with van der Waals surface area (Å²) in [5.41, 5.74) is 6.03. The normalized spacial score (nSPS) is 11.1. The molecule has 0 bridgehead atoms. The molecule has 5 aromatic carbocycles. The summed E-state index contributed by atoms with van der Waals surface area (Å²) in [5, 5.41) is 15.5. The summed E-state index contributed by atoms with van der Waals surface area (Å²) in [6.07, 6.45) is 0. The Bertz CT molecular complexity index is 2270. The highest BCUT2D eigenvalue weighted by molar-refractivity contribution is 6.31. The van der Waals surface area contributed by atoms with Gasteiger partial charge in [-0.1, -0.05) is 96.5 Å². The van der Waals surface area contributed by atoms with Gasteiger partial charge in [-0.05, 0) is 70.8 Å². The average Bonchev–Trinajstić information content (AvgIpc) is 3.65. The number of carbonyl (C=O) groups is 1. The molecule has 9 nitrogen and oxygen atoms in total. The summed E-state index contributed by atoms with van der Waals surface area (Å²) < 4.78 is 1.66. The van der Waals surface area contributed by atoms with Crippen LogP contribution in [0.5, 0.6) is 0 Å². The topological polar surface area (TPSA) is 110 Å². The van der Waals surface area contributed by atoms with Crippen LogP contribution in [0.3, 0.4) is 0 Å². The van der Waals surface area contributed by atoms with Crippen LogP contribution in [-0.4, -0.2) is 36.1 Å². The molecule has 2 heterocycles. The van der Waals surface area contributed by atoms with Gasteiger partial charge in [-0.3, -0.25) is 14.2 Å². The molecule has 0 radical (unpaired) electrons. The molecule has 1 amide bonds. The summed E-state index contributed by atoms with van der Waals surface area (Å²) in [7, 11) is 0. The maximum atomic E-state index is 14.0. The number of H-pyrrole nitrogens is 1. The van der Waals surface area contributed by atoms with Crippen LogP contribution in [0, 0.1) is 6.92 Å². The molecule has 0 saturated carbocycles. The lowest BCUT2D eigenvalue weighted by atomic mass is 9.98. The largest absolute Gasteiger partial charge is 0.304 e. The third-order valence-corrected chi connectivity index (χ3v) is 8.48. The van der Waals surface area contributed by atoms with Crippen molar-refractivity contribution in [1.82, 2.24) is 30.2 Å². The van der Waals surface area contributed by atoms with Crippen molar-refractivity contribution < 1.29 is 4.79 Å². The Labute approximate surface area is 275 Å². The lowest BCUT2D eigenvalue weighted by Crippen LogP contribution is -2.31. The summed E-state index contributed by atoms with van der Waals surface area (Å²) in [6, 6.07) is 37.7. The van der Waals surface area contributed by atoms with E-state index in [0.717, 1.165) is 27.8 Å². The smallest absolute Gasteiger partial charge is 0.261 e. The molecule has 7 aromatic rings. The Morgan fingerprint density at radius 1 is 0.851 bits per heavy atom. The molecule has 47 heavy (non-hydrogen) atoms. The zero-order valence-corrected chi connectivity index (χ0v) is 26.1. The molecule has 230 valence electrons. The van der Waals surface area contributed by atoms with Crippen molar-refractivity contribution in [3.8, 4) is 22.5 Å². The number of hydrogen-bond donors (Lipinski definition) is 1. The highest BCUT2D eigenvalue weighted by Crippen LogP contribution is 2.30. The molecule has 0 aliphatic carbocycles. The SMILES string of the molecule is Cc1nc2ccc(N(Cc3ccccc3Cl)C(=O)c3ccccc3)cc2c(=O)n1Cc1ccc(-c2ccccc2-c2nn[nH]n2)cc1. The number of aromatic nitrogens is 6. The molecule has 0 atom stereocenters. The molecule has 0 fully saturated rings. The molecule has 0 unspecified atom stereocenters. The number of benzene rings is 5. The highest BCUT2D eigenvalue weighted by Gasteiger charge is 2.21. The van der Waals surface area contributed by atoms with Gasteiger partial charge in [-0.2, -0.15) is 5.21 Å². The van der Waals surface area contributed by atoms with E-state index in [1.807, 2.05) is 97.9 Å². The Kier molecular flexibility index (Phi) is 8.12. The van der Waals surface area contributed by atoms with Gasteiger partial charge < -0.3 is 4.90 Å². The first-order valence-electron chi connectivity index (χ1n) is 15.0. The molecule has 1 N–H and O–H groups in total. The van der Waals surface area contributed by atoms with Crippen LogP contribution >= 0.6 is 11.6 Å². The number of aromatic amines is 1. The van der Waals surface area contributed by atoms with Crippen LogP contribution in [-0.2, 0) is 13.1 Å². The van der Waals surface area contributed by atoms with Crippen molar-refractivity contribution in [3.05, 3.63) is 159 Å². The van der Waals surface area contributed by atoms with Crippen LogP contribution in [0.25, 0.3) is 33.4 Å². The molecule has 7 rings (SSSR count). The second-order valence-corrected chi connectivity index (χ2v) is 11.5. The quantitative estimate of drug-likeness (QED) is 0.190. The predicted molar refractivity (Wildman–Crippen MR) is 183 cm³/mol. The second-order valence-electron chi connectivity index (χ2n) is 11.1. The number of fused-ring (bicyclic) bond motifs is 1.